The Bertz CT molecular complexity index is 387. The van der Waals surface area contributed by atoms with Crippen LogP contribution in [0.1, 0.15) is 18.9 Å². The van der Waals surface area contributed by atoms with Crippen LogP contribution in [-0.2, 0) is 11.0 Å². The molecule has 1 aromatic rings. The fraction of sp³-hybridized carbons (Fsp3) is 0.364. The molecule has 0 saturated heterocycles. The monoisotopic (exact) mass is 247 g/mol. The van der Waals surface area contributed by atoms with Gasteiger partial charge in [-0.25, -0.2) is 4.79 Å². The van der Waals surface area contributed by atoms with Crippen molar-refractivity contribution < 1.29 is 23.1 Å². The molecule has 94 valence electrons. The highest BCUT2D eigenvalue weighted by atomic mass is 19.4. The molecule has 2 N–H and O–H groups in total. The quantitative estimate of drug-likeness (QED) is 0.859. The van der Waals surface area contributed by atoms with E-state index in [9.17, 15) is 18.0 Å². The molecule has 1 rings (SSSR count). The molecule has 0 aromatic heterocycles. The van der Waals surface area contributed by atoms with E-state index in [2.05, 4.69) is 5.32 Å². The Labute approximate surface area is 96.3 Å². The van der Waals surface area contributed by atoms with E-state index < -0.39 is 23.8 Å². The number of carboxylic acid groups (broad SMARTS) is 1. The smallest absolute Gasteiger partial charge is 0.416 e. The van der Waals surface area contributed by atoms with Crippen molar-refractivity contribution in [2.75, 3.05) is 5.32 Å². The predicted molar refractivity (Wildman–Crippen MR) is 56.8 cm³/mol. The maximum Gasteiger partial charge on any atom is 0.416 e. The van der Waals surface area contributed by atoms with Crippen LogP contribution in [0, 0.1) is 0 Å². The largest absolute Gasteiger partial charge is 0.480 e. The fourth-order valence-electron chi connectivity index (χ4n) is 1.30. The third-order valence-corrected chi connectivity index (χ3v) is 2.26. The predicted octanol–water partition coefficient (Wildman–Crippen LogP) is 2.98. The molecule has 0 amide bonds. The number of carbonyl (C=O) groups is 1. The molecule has 0 aliphatic heterocycles. The Balaban J connectivity index is 2.78. The van der Waals surface area contributed by atoms with Crippen molar-refractivity contribution in [3.05, 3.63) is 29.8 Å². The van der Waals surface area contributed by atoms with Gasteiger partial charge in [-0.1, -0.05) is 6.92 Å². The Kier molecular flexibility index (Phi) is 3.98. The number of benzene rings is 1. The summed E-state index contributed by atoms with van der Waals surface area (Å²) in [5.41, 5.74) is -0.404. The first kappa shape index (κ1) is 13.3. The summed E-state index contributed by atoms with van der Waals surface area (Å²) in [6.45, 7) is 1.68. The number of hydrogen-bond acceptors (Lipinski definition) is 2. The molecule has 0 radical (unpaired) electrons. The zero-order valence-corrected chi connectivity index (χ0v) is 9.08. The van der Waals surface area contributed by atoms with E-state index in [0.717, 1.165) is 12.1 Å². The summed E-state index contributed by atoms with van der Waals surface area (Å²) in [5, 5.41) is 11.4. The zero-order chi connectivity index (χ0) is 13.1. The van der Waals surface area contributed by atoms with Crippen molar-refractivity contribution in [2.24, 2.45) is 0 Å². The van der Waals surface area contributed by atoms with Gasteiger partial charge in [-0.3, -0.25) is 0 Å². The van der Waals surface area contributed by atoms with Gasteiger partial charge in [0.05, 0.1) is 5.56 Å². The number of alkyl halides is 3. The SMILES string of the molecule is CCC(Nc1ccc(C(F)(F)F)cc1)C(=O)O. The van der Waals surface area contributed by atoms with E-state index in [-0.39, 0.29) is 0 Å². The topological polar surface area (TPSA) is 49.3 Å². The Morgan fingerprint density at radius 3 is 2.24 bits per heavy atom. The minimum absolute atomic E-state index is 0.344. The van der Waals surface area contributed by atoms with Gasteiger partial charge in [-0.05, 0) is 30.7 Å². The number of anilines is 1. The van der Waals surface area contributed by atoms with Crippen LogP contribution >= 0.6 is 0 Å². The highest BCUT2D eigenvalue weighted by molar-refractivity contribution is 5.77. The highest BCUT2D eigenvalue weighted by Gasteiger charge is 2.30. The first-order chi connectivity index (χ1) is 7.84. The lowest BCUT2D eigenvalue weighted by Gasteiger charge is -2.14. The average molecular weight is 247 g/mol. The number of nitrogens with one attached hydrogen (secondary N) is 1. The number of carboxylic acids is 1. The summed E-state index contributed by atoms with van der Waals surface area (Å²) in [6, 6.07) is 3.46. The van der Waals surface area contributed by atoms with Crippen LogP contribution in [-0.4, -0.2) is 17.1 Å². The van der Waals surface area contributed by atoms with E-state index in [0.29, 0.717) is 12.1 Å². The van der Waals surface area contributed by atoms with Gasteiger partial charge in [0, 0.05) is 5.69 Å². The van der Waals surface area contributed by atoms with Crippen LogP contribution < -0.4 is 5.32 Å². The Morgan fingerprint density at radius 2 is 1.88 bits per heavy atom. The minimum atomic E-state index is -4.38. The molecule has 3 nitrogen and oxygen atoms in total. The lowest BCUT2D eigenvalue weighted by atomic mass is 10.1. The maximum atomic E-state index is 12.3. The number of hydrogen-bond donors (Lipinski definition) is 2. The molecule has 0 aliphatic rings. The van der Waals surface area contributed by atoms with Crippen molar-refractivity contribution in [1.29, 1.82) is 0 Å². The van der Waals surface area contributed by atoms with Crippen molar-refractivity contribution in [1.82, 2.24) is 0 Å². The van der Waals surface area contributed by atoms with Gasteiger partial charge < -0.3 is 10.4 Å². The summed E-state index contributed by atoms with van der Waals surface area (Å²) < 4.78 is 36.8. The van der Waals surface area contributed by atoms with Crippen molar-refractivity contribution in [3.8, 4) is 0 Å². The molecule has 0 heterocycles. The molecule has 0 spiro atoms. The number of aliphatic carboxylic acids is 1. The molecule has 1 aromatic carbocycles. The van der Waals surface area contributed by atoms with E-state index in [4.69, 9.17) is 5.11 Å². The zero-order valence-electron chi connectivity index (χ0n) is 9.08. The molecule has 1 unspecified atom stereocenters. The normalized spacial score (nSPS) is 13.2. The third-order valence-electron chi connectivity index (χ3n) is 2.26. The van der Waals surface area contributed by atoms with Crippen molar-refractivity contribution in [2.45, 2.75) is 25.6 Å². The number of rotatable bonds is 4. The standard InChI is InChI=1S/C11H12F3NO2/c1-2-9(10(16)17)15-8-5-3-7(4-6-8)11(12,13)14/h3-6,9,15H,2H2,1H3,(H,16,17). The van der Waals surface area contributed by atoms with Crippen LogP contribution in [0.4, 0.5) is 18.9 Å². The van der Waals surface area contributed by atoms with Crippen LogP contribution in [0.15, 0.2) is 24.3 Å². The number of halogens is 3. The molecule has 0 bridgehead atoms. The molecular formula is C11H12F3NO2. The van der Waals surface area contributed by atoms with Gasteiger partial charge in [0.25, 0.3) is 0 Å². The lowest BCUT2D eigenvalue weighted by Crippen LogP contribution is -2.28. The van der Waals surface area contributed by atoms with E-state index in [1.807, 2.05) is 0 Å². The van der Waals surface area contributed by atoms with E-state index in [1.54, 1.807) is 6.92 Å². The first-order valence-corrected chi connectivity index (χ1v) is 5.01. The Hall–Kier alpha value is -1.72. The molecule has 0 aliphatic carbocycles. The fourth-order valence-corrected chi connectivity index (χ4v) is 1.30. The van der Waals surface area contributed by atoms with Crippen LogP contribution in [0.3, 0.4) is 0 Å². The Morgan fingerprint density at radius 1 is 1.35 bits per heavy atom. The minimum Gasteiger partial charge on any atom is -0.480 e. The first-order valence-electron chi connectivity index (χ1n) is 5.01. The molecule has 1 atom stereocenters. The van der Waals surface area contributed by atoms with Gasteiger partial charge in [0.15, 0.2) is 0 Å². The van der Waals surface area contributed by atoms with E-state index >= 15 is 0 Å². The van der Waals surface area contributed by atoms with Crippen molar-refractivity contribution >= 4 is 11.7 Å². The summed E-state index contributed by atoms with van der Waals surface area (Å²) >= 11 is 0. The molecule has 0 fully saturated rings. The van der Waals surface area contributed by atoms with Gasteiger partial charge in [-0.15, -0.1) is 0 Å². The molecular weight excluding hydrogens is 235 g/mol. The second-order valence-electron chi connectivity index (χ2n) is 3.52. The summed E-state index contributed by atoms with van der Waals surface area (Å²) in [5.74, 6) is -1.03. The van der Waals surface area contributed by atoms with Crippen molar-refractivity contribution in [3.63, 3.8) is 0 Å². The van der Waals surface area contributed by atoms with Gasteiger partial charge in [0.2, 0.25) is 0 Å². The van der Waals surface area contributed by atoms with Crippen LogP contribution in [0.2, 0.25) is 0 Å². The summed E-state index contributed by atoms with van der Waals surface area (Å²) in [4.78, 5) is 10.7. The van der Waals surface area contributed by atoms with Crippen LogP contribution in [0.5, 0.6) is 0 Å². The van der Waals surface area contributed by atoms with E-state index in [1.165, 1.54) is 12.1 Å². The summed E-state index contributed by atoms with van der Waals surface area (Å²) in [7, 11) is 0. The molecule has 0 saturated carbocycles. The average Bonchev–Trinajstić information content (AvgIpc) is 2.25. The lowest BCUT2D eigenvalue weighted by molar-refractivity contribution is -0.138. The third kappa shape index (κ3) is 3.65. The van der Waals surface area contributed by atoms with Gasteiger partial charge >= 0.3 is 12.1 Å². The highest BCUT2D eigenvalue weighted by Crippen LogP contribution is 2.29. The maximum absolute atomic E-state index is 12.3. The second kappa shape index (κ2) is 5.07. The van der Waals surface area contributed by atoms with Crippen LogP contribution in [0.25, 0.3) is 0 Å². The van der Waals surface area contributed by atoms with Gasteiger partial charge in [-0.2, -0.15) is 13.2 Å². The second-order valence-corrected chi connectivity index (χ2v) is 3.52. The molecule has 17 heavy (non-hydrogen) atoms. The summed E-state index contributed by atoms with van der Waals surface area (Å²) in [6.07, 6.45) is -4.04. The van der Waals surface area contributed by atoms with Gasteiger partial charge in [0.1, 0.15) is 6.04 Å². The molecule has 6 heteroatoms.